The van der Waals surface area contributed by atoms with E-state index in [1.165, 1.54) is 18.2 Å². The lowest BCUT2D eigenvalue weighted by molar-refractivity contribution is -0.150. The molecule has 0 bridgehead atoms. The minimum Gasteiger partial charge on any atom is -0.462 e. The molecule has 0 saturated heterocycles. The molecule has 0 radical (unpaired) electrons. The summed E-state index contributed by atoms with van der Waals surface area (Å²) in [5.41, 5.74) is -1.54. The predicted octanol–water partition coefficient (Wildman–Crippen LogP) is 0.405. The number of hydrogen-bond acceptors (Lipinski definition) is 8. The van der Waals surface area contributed by atoms with Crippen molar-refractivity contribution in [2.24, 2.45) is 9.98 Å². The summed E-state index contributed by atoms with van der Waals surface area (Å²) in [5.74, 6) is -0.788. The number of ether oxygens (including phenoxy) is 2. The SMILES string of the molecule is C=CCOC(=O)NCCOC(=O)C1(N=C=O)CCCC1N=C=O. The molecular formula is C14H17N3O6. The minimum atomic E-state index is -1.54. The van der Waals surface area contributed by atoms with Crippen LogP contribution in [0.3, 0.4) is 0 Å². The lowest BCUT2D eigenvalue weighted by Gasteiger charge is -2.24. The van der Waals surface area contributed by atoms with Crippen LogP contribution in [-0.4, -0.2) is 55.6 Å². The van der Waals surface area contributed by atoms with Gasteiger partial charge in [-0.15, -0.1) is 0 Å². The van der Waals surface area contributed by atoms with Gasteiger partial charge in [0.1, 0.15) is 13.2 Å². The van der Waals surface area contributed by atoms with Gasteiger partial charge in [-0.25, -0.2) is 19.2 Å². The highest BCUT2D eigenvalue weighted by Gasteiger charge is 2.51. The summed E-state index contributed by atoms with van der Waals surface area (Å²) in [6.45, 7) is 3.33. The van der Waals surface area contributed by atoms with Crippen LogP contribution in [0.1, 0.15) is 19.3 Å². The average Bonchev–Trinajstić information content (AvgIpc) is 2.94. The highest BCUT2D eigenvalue weighted by Crippen LogP contribution is 2.36. The summed E-state index contributed by atoms with van der Waals surface area (Å²) in [5, 5.41) is 2.36. The van der Waals surface area contributed by atoms with E-state index in [9.17, 15) is 19.2 Å². The maximum absolute atomic E-state index is 12.2. The van der Waals surface area contributed by atoms with E-state index in [-0.39, 0.29) is 26.2 Å². The van der Waals surface area contributed by atoms with Crippen molar-refractivity contribution in [3.63, 3.8) is 0 Å². The Balaban J connectivity index is 2.56. The van der Waals surface area contributed by atoms with E-state index in [1.54, 1.807) is 0 Å². The Hall–Kier alpha value is -2.76. The maximum Gasteiger partial charge on any atom is 0.407 e. The molecule has 9 heteroatoms. The van der Waals surface area contributed by atoms with Crippen molar-refractivity contribution in [1.29, 1.82) is 0 Å². The van der Waals surface area contributed by atoms with Gasteiger partial charge >= 0.3 is 12.1 Å². The van der Waals surface area contributed by atoms with Crippen LogP contribution in [0.5, 0.6) is 0 Å². The number of aliphatic imine (C=N–C) groups is 2. The third-order valence-corrected chi connectivity index (χ3v) is 3.33. The third-order valence-electron chi connectivity index (χ3n) is 3.33. The molecule has 0 spiro atoms. The van der Waals surface area contributed by atoms with E-state index >= 15 is 0 Å². The fraction of sp³-hybridized carbons (Fsp3) is 0.571. The first-order valence-corrected chi connectivity index (χ1v) is 6.95. The number of carbonyl (C=O) groups is 2. The van der Waals surface area contributed by atoms with Gasteiger partial charge in [0.25, 0.3) is 0 Å². The van der Waals surface area contributed by atoms with Crippen molar-refractivity contribution in [3.05, 3.63) is 12.7 Å². The quantitative estimate of drug-likeness (QED) is 0.227. The van der Waals surface area contributed by atoms with E-state index in [4.69, 9.17) is 4.74 Å². The maximum atomic E-state index is 12.2. The first kappa shape index (κ1) is 18.3. The summed E-state index contributed by atoms with van der Waals surface area (Å²) < 4.78 is 9.69. The van der Waals surface area contributed by atoms with Crippen molar-refractivity contribution < 1.29 is 28.7 Å². The topological polar surface area (TPSA) is 123 Å². The molecule has 1 fully saturated rings. The number of nitrogens with zero attached hydrogens (tertiary/aromatic N) is 2. The third kappa shape index (κ3) is 4.88. The Morgan fingerprint density at radius 1 is 1.35 bits per heavy atom. The molecule has 23 heavy (non-hydrogen) atoms. The zero-order valence-electron chi connectivity index (χ0n) is 12.4. The number of hydrogen-bond donors (Lipinski definition) is 1. The normalized spacial score (nSPS) is 22.2. The Morgan fingerprint density at radius 3 is 2.78 bits per heavy atom. The van der Waals surface area contributed by atoms with E-state index in [0.29, 0.717) is 12.8 Å². The van der Waals surface area contributed by atoms with Gasteiger partial charge in [0.15, 0.2) is 5.54 Å². The minimum absolute atomic E-state index is 0.0181. The van der Waals surface area contributed by atoms with E-state index < -0.39 is 23.6 Å². The van der Waals surface area contributed by atoms with E-state index in [2.05, 4.69) is 26.6 Å². The molecule has 0 aliphatic heterocycles. The zero-order chi connectivity index (χ0) is 17.1. The smallest absolute Gasteiger partial charge is 0.407 e. The summed E-state index contributed by atoms with van der Waals surface area (Å²) in [6, 6.07) is -0.792. The number of alkyl carbamates (subject to hydrolysis) is 1. The number of amides is 1. The Labute approximate surface area is 132 Å². The van der Waals surface area contributed by atoms with Crippen LogP contribution in [-0.2, 0) is 23.9 Å². The molecule has 2 unspecified atom stereocenters. The molecule has 0 aromatic rings. The average molecular weight is 323 g/mol. The zero-order valence-corrected chi connectivity index (χ0v) is 12.4. The number of carbonyl (C=O) groups excluding carboxylic acids is 4. The van der Waals surface area contributed by atoms with Crippen LogP contribution in [0.2, 0.25) is 0 Å². The molecule has 2 atom stereocenters. The van der Waals surface area contributed by atoms with E-state index in [1.807, 2.05) is 0 Å². The van der Waals surface area contributed by atoms with Gasteiger partial charge in [-0.2, -0.15) is 9.98 Å². The van der Waals surface area contributed by atoms with Gasteiger partial charge in [-0.3, -0.25) is 0 Å². The lowest BCUT2D eigenvalue weighted by atomic mass is 9.94. The van der Waals surface area contributed by atoms with Crippen molar-refractivity contribution in [1.82, 2.24) is 5.32 Å². The molecule has 0 heterocycles. The number of rotatable bonds is 8. The molecule has 9 nitrogen and oxygen atoms in total. The van der Waals surface area contributed by atoms with Crippen LogP contribution < -0.4 is 5.32 Å². The summed E-state index contributed by atoms with van der Waals surface area (Å²) in [4.78, 5) is 51.5. The summed E-state index contributed by atoms with van der Waals surface area (Å²) in [7, 11) is 0. The first-order valence-electron chi connectivity index (χ1n) is 6.95. The van der Waals surface area contributed by atoms with Crippen LogP contribution in [0, 0.1) is 0 Å². The Kier molecular flexibility index (Phi) is 7.39. The van der Waals surface area contributed by atoms with Gasteiger partial charge in [0.05, 0.1) is 12.6 Å². The molecule has 0 aromatic carbocycles. The fourth-order valence-corrected chi connectivity index (χ4v) is 2.31. The predicted molar refractivity (Wildman–Crippen MR) is 77.1 cm³/mol. The second-order valence-corrected chi connectivity index (χ2v) is 4.71. The molecule has 1 N–H and O–H groups in total. The number of esters is 1. The fourth-order valence-electron chi connectivity index (χ4n) is 2.31. The van der Waals surface area contributed by atoms with Gasteiger partial charge < -0.3 is 14.8 Å². The van der Waals surface area contributed by atoms with Crippen molar-refractivity contribution in [3.8, 4) is 0 Å². The molecule has 1 saturated carbocycles. The number of isocyanates is 2. The standard InChI is InChI=1S/C14H17N3O6/c1-2-7-23-13(21)15-6-8-22-12(20)14(17-10-19)5-3-4-11(14)16-9-18/h2,11H,1,3-8H2,(H,15,21). The summed E-state index contributed by atoms with van der Waals surface area (Å²) >= 11 is 0. The van der Waals surface area contributed by atoms with Crippen LogP contribution in [0.4, 0.5) is 4.79 Å². The molecule has 124 valence electrons. The van der Waals surface area contributed by atoms with Crippen LogP contribution in [0.25, 0.3) is 0 Å². The molecular weight excluding hydrogens is 306 g/mol. The Bertz CT molecular complexity index is 551. The molecule has 1 aliphatic carbocycles. The second kappa shape index (κ2) is 9.30. The van der Waals surface area contributed by atoms with Gasteiger partial charge in [-0.05, 0) is 19.3 Å². The highest BCUT2D eigenvalue weighted by atomic mass is 16.6. The van der Waals surface area contributed by atoms with Gasteiger partial charge in [0.2, 0.25) is 12.2 Å². The second-order valence-electron chi connectivity index (χ2n) is 4.71. The molecule has 1 rings (SSSR count). The highest BCUT2D eigenvalue weighted by molar-refractivity contribution is 5.84. The molecule has 1 amide bonds. The molecule has 0 aromatic heterocycles. The van der Waals surface area contributed by atoms with Gasteiger partial charge in [0, 0.05) is 0 Å². The van der Waals surface area contributed by atoms with Crippen molar-refractivity contribution in [2.45, 2.75) is 30.8 Å². The molecule has 1 aliphatic rings. The summed E-state index contributed by atoms with van der Waals surface area (Å²) in [6.07, 6.45) is 4.65. The van der Waals surface area contributed by atoms with Crippen LogP contribution >= 0.6 is 0 Å². The van der Waals surface area contributed by atoms with Crippen molar-refractivity contribution in [2.75, 3.05) is 19.8 Å². The largest absolute Gasteiger partial charge is 0.462 e. The Morgan fingerprint density at radius 2 is 2.13 bits per heavy atom. The monoisotopic (exact) mass is 323 g/mol. The first-order chi connectivity index (χ1) is 11.1. The van der Waals surface area contributed by atoms with Gasteiger partial charge in [-0.1, -0.05) is 12.7 Å². The lowest BCUT2D eigenvalue weighted by Crippen LogP contribution is -2.45. The van der Waals surface area contributed by atoms with E-state index in [0.717, 1.165) is 0 Å². The van der Waals surface area contributed by atoms with Crippen LogP contribution in [0.15, 0.2) is 22.6 Å². The van der Waals surface area contributed by atoms with Crippen molar-refractivity contribution >= 4 is 24.2 Å². The number of nitrogens with one attached hydrogen (secondary N) is 1.